The van der Waals surface area contributed by atoms with E-state index in [1.807, 2.05) is 0 Å². The van der Waals surface area contributed by atoms with Gasteiger partial charge in [0.2, 0.25) is 0 Å². The van der Waals surface area contributed by atoms with Crippen molar-refractivity contribution in [1.82, 2.24) is 5.32 Å². The van der Waals surface area contributed by atoms with Crippen LogP contribution < -0.4 is 10.1 Å². The number of cyclic esters (lactones) is 1. The second-order valence-corrected chi connectivity index (χ2v) is 7.17. The molecule has 1 aromatic carbocycles. The Kier molecular flexibility index (Phi) is 4.22. The van der Waals surface area contributed by atoms with E-state index in [0.717, 1.165) is 0 Å². The first-order valence-electron chi connectivity index (χ1n) is 5.18. The van der Waals surface area contributed by atoms with Gasteiger partial charge >= 0.3 is 6.09 Å². The normalized spacial score (nSPS) is 18.8. The zero-order valence-corrected chi connectivity index (χ0v) is 12.6. The molecule has 19 heavy (non-hydrogen) atoms. The first kappa shape index (κ1) is 14.4. The number of alkyl carbamates (subject to hydrolysis) is 1. The average Bonchev–Trinajstić information content (AvgIpc) is 2.72. The number of carbonyl (C=O) groups is 1. The van der Waals surface area contributed by atoms with Crippen molar-refractivity contribution in [2.24, 2.45) is 0 Å². The van der Waals surface area contributed by atoms with Crippen LogP contribution in [0.4, 0.5) is 4.79 Å². The first-order chi connectivity index (χ1) is 8.86. The van der Waals surface area contributed by atoms with Crippen molar-refractivity contribution in [3.05, 3.63) is 22.7 Å². The lowest BCUT2D eigenvalue weighted by atomic mass is 10.3. The molecular formula is C10H9BrClNO5S. The summed E-state index contributed by atoms with van der Waals surface area (Å²) in [7, 11) is 1.45. The zero-order valence-electron chi connectivity index (χ0n) is 9.43. The van der Waals surface area contributed by atoms with E-state index in [2.05, 4.69) is 21.2 Å². The van der Waals surface area contributed by atoms with Crippen molar-refractivity contribution in [1.29, 1.82) is 0 Å². The number of amides is 1. The molecule has 0 aliphatic carbocycles. The Hall–Kier alpha value is -0.990. The maximum Gasteiger partial charge on any atom is 0.407 e. The number of hydrogen-bond donors (Lipinski definition) is 1. The van der Waals surface area contributed by atoms with Crippen LogP contribution in [0, 0.1) is 0 Å². The van der Waals surface area contributed by atoms with Gasteiger partial charge in [0.1, 0.15) is 12.4 Å². The van der Waals surface area contributed by atoms with Gasteiger partial charge in [-0.2, -0.15) is 0 Å². The molecule has 1 N–H and O–H groups in total. The fourth-order valence-electron chi connectivity index (χ4n) is 1.46. The largest absolute Gasteiger partial charge is 0.488 e. The van der Waals surface area contributed by atoms with Gasteiger partial charge in [-0.1, -0.05) is 0 Å². The number of ether oxygens (including phenoxy) is 2. The number of benzene rings is 1. The third-order valence-electron chi connectivity index (χ3n) is 2.36. The molecule has 0 spiro atoms. The van der Waals surface area contributed by atoms with Crippen molar-refractivity contribution in [3.8, 4) is 5.75 Å². The minimum absolute atomic E-state index is 0.0256. The predicted molar refractivity (Wildman–Crippen MR) is 70.9 cm³/mol. The Morgan fingerprint density at radius 3 is 2.79 bits per heavy atom. The molecule has 1 aliphatic rings. The summed E-state index contributed by atoms with van der Waals surface area (Å²) in [6.07, 6.45) is -0.841. The Morgan fingerprint density at radius 1 is 1.53 bits per heavy atom. The Morgan fingerprint density at radius 2 is 2.26 bits per heavy atom. The second kappa shape index (κ2) is 5.56. The van der Waals surface area contributed by atoms with Crippen molar-refractivity contribution >= 4 is 41.8 Å². The van der Waals surface area contributed by atoms with Crippen LogP contribution in [0.2, 0.25) is 0 Å². The number of halogens is 2. The molecule has 1 heterocycles. The third kappa shape index (κ3) is 3.74. The summed E-state index contributed by atoms with van der Waals surface area (Å²) in [4.78, 5) is 10.8. The minimum atomic E-state index is -3.77. The van der Waals surface area contributed by atoms with Gasteiger partial charge in [0.05, 0.1) is 15.9 Å². The number of nitrogens with one attached hydrogen (secondary N) is 1. The molecule has 0 bridgehead atoms. The molecule has 1 fully saturated rings. The highest BCUT2D eigenvalue weighted by Gasteiger charge is 2.23. The standard InChI is InChI=1S/C10H9BrClNO5S/c11-8-3-7(19(12,15)16)1-2-9(8)17-5-6-4-13-10(14)18-6/h1-3,6H,4-5H2,(H,13,14). The molecule has 104 valence electrons. The van der Waals surface area contributed by atoms with Gasteiger partial charge < -0.3 is 14.8 Å². The maximum atomic E-state index is 11.1. The topological polar surface area (TPSA) is 81.7 Å². The fourth-order valence-corrected chi connectivity index (χ4v) is 2.88. The molecule has 9 heteroatoms. The molecule has 0 aromatic heterocycles. The average molecular weight is 371 g/mol. The van der Waals surface area contributed by atoms with Crippen LogP contribution in [0.25, 0.3) is 0 Å². The Balaban J connectivity index is 2.03. The molecule has 1 atom stereocenters. The van der Waals surface area contributed by atoms with Crippen LogP contribution in [-0.2, 0) is 13.8 Å². The first-order valence-corrected chi connectivity index (χ1v) is 8.28. The summed E-state index contributed by atoms with van der Waals surface area (Å²) in [5.41, 5.74) is 0. The lowest BCUT2D eigenvalue weighted by Gasteiger charge is -2.11. The van der Waals surface area contributed by atoms with E-state index in [9.17, 15) is 13.2 Å². The zero-order chi connectivity index (χ0) is 14.0. The Labute approximate surface area is 122 Å². The molecular weight excluding hydrogens is 362 g/mol. The van der Waals surface area contributed by atoms with Gasteiger partial charge in [-0.3, -0.25) is 0 Å². The third-order valence-corrected chi connectivity index (χ3v) is 4.33. The highest BCUT2D eigenvalue weighted by Crippen LogP contribution is 2.29. The van der Waals surface area contributed by atoms with Crippen LogP contribution in [0.5, 0.6) is 5.75 Å². The molecule has 0 radical (unpaired) electrons. The quantitative estimate of drug-likeness (QED) is 0.818. The second-order valence-electron chi connectivity index (χ2n) is 3.75. The SMILES string of the molecule is O=C1NCC(COc2ccc(S(=O)(=O)Cl)cc2Br)O1. The summed E-state index contributed by atoms with van der Waals surface area (Å²) >= 11 is 3.19. The lowest BCUT2D eigenvalue weighted by molar-refractivity contribution is 0.104. The molecule has 1 saturated heterocycles. The minimum Gasteiger partial charge on any atom is -0.488 e. The summed E-state index contributed by atoms with van der Waals surface area (Å²) in [6, 6.07) is 4.15. The van der Waals surface area contributed by atoms with Crippen LogP contribution in [-0.4, -0.2) is 33.8 Å². The summed E-state index contributed by atoms with van der Waals surface area (Å²) in [5, 5.41) is 2.50. The summed E-state index contributed by atoms with van der Waals surface area (Å²) in [5.74, 6) is 0.437. The van der Waals surface area contributed by atoms with Crippen LogP contribution in [0.15, 0.2) is 27.6 Å². The highest BCUT2D eigenvalue weighted by molar-refractivity contribution is 9.10. The van der Waals surface area contributed by atoms with Gasteiger partial charge in [0.15, 0.2) is 6.10 Å². The van der Waals surface area contributed by atoms with E-state index >= 15 is 0 Å². The molecule has 1 unspecified atom stereocenters. The van der Waals surface area contributed by atoms with Crippen molar-refractivity contribution in [3.63, 3.8) is 0 Å². The summed E-state index contributed by atoms with van der Waals surface area (Å²) in [6.45, 7) is 0.551. The predicted octanol–water partition coefficient (Wildman–Crippen LogP) is 1.86. The van der Waals surface area contributed by atoms with E-state index in [4.69, 9.17) is 20.2 Å². The Bertz CT molecular complexity index is 606. The lowest BCUT2D eigenvalue weighted by Crippen LogP contribution is -2.22. The van der Waals surface area contributed by atoms with Crippen LogP contribution in [0.3, 0.4) is 0 Å². The molecule has 6 nitrogen and oxygen atoms in total. The number of carbonyl (C=O) groups excluding carboxylic acids is 1. The molecule has 1 amide bonds. The van der Waals surface area contributed by atoms with Crippen LogP contribution >= 0.6 is 26.6 Å². The van der Waals surface area contributed by atoms with Crippen LogP contribution in [0.1, 0.15) is 0 Å². The van der Waals surface area contributed by atoms with E-state index in [0.29, 0.717) is 16.8 Å². The van der Waals surface area contributed by atoms with E-state index in [1.165, 1.54) is 18.2 Å². The number of rotatable bonds is 4. The summed E-state index contributed by atoms with van der Waals surface area (Å²) < 4.78 is 33.1. The van der Waals surface area contributed by atoms with Gasteiger partial charge in [0.25, 0.3) is 9.05 Å². The molecule has 1 aromatic rings. The maximum absolute atomic E-state index is 11.1. The van der Waals surface area contributed by atoms with Crippen molar-refractivity contribution in [2.75, 3.05) is 13.2 Å². The fraction of sp³-hybridized carbons (Fsp3) is 0.300. The molecule has 2 rings (SSSR count). The number of hydrogen-bond acceptors (Lipinski definition) is 5. The van der Waals surface area contributed by atoms with Gasteiger partial charge in [-0.25, -0.2) is 13.2 Å². The van der Waals surface area contributed by atoms with Crippen molar-refractivity contribution in [2.45, 2.75) is 11.0 Å². The van der Waals surface area contributed by atoms with Gasteiger partial charge in [-0.15, -0.1) is 0 Å². The van der Waals surface area contributed by atoms with E-state index in [-0.39, 0.29) is 17.6 Å². The monoisotopic (exact) mass is 369 g/mol. The van der Waals surface area contributed by atoms with E-state index in [1.54, 1.807) is 0 Å². The van der Waals surface area contributed by atoms with Gasteiger partial charge in [0, 0.05) is 10.7 Å². The van der Waals surface area contributed by atoms with E-state index < -0.39 is 15.1 Å². The van der Waals surface area contributed by atoms with Crippen molar-refractivity contribution < 1.29 is 22.7 Å². The molecule has 0 saturated carbocycles. The highest BCUT2D eigenvalue weighted by atomic mass is 79.9. The molecule has 1 aliphatic heterocycles. The smallest absolute Gasteiger partial charge is 0.407 e. The van der Waals surface area contributed by atoms with Gasteiger partial charge in [-0.05, 0) is 34.1 Å².